The minimum Gasteiger partial charge on any atom is -0.507 e. The van der Waals surface area contributed by atoms with Crippen molar-refractivity contribution in [3.8, 4) is 17.2 Å². The Labute approximate surface area is 118 Å². The molecule has 0 bridgehead atoms. The van der Waals surface area contributed by atoms with E-state index in [1.54, 1.807) is 12.1 Å². The van der Waals surface area contributed by atoms with Crippen LogP contribution in [0.5, 0.6) is 5.75 Å². The molecule has 1 heterocycles. The number of hydrogen-bond donors (Lipinski definition) is 2. The standard InChI is InChI=1S/C14H11BrN2O2/c1-7-4-10(15)13-11(5-7)17-14(19-13)9-6-8(16)2-3-12(9)18/h2-6,18H,16H2,1H3. The third-order valence-corrected chi connectivity index (χ3v) is 3.43. The first-order valence-electron chi connectivity index (χ1n) is 5.70. The van der Waals surface area contributed by atoms with E-state index in [-0.39, 0.29) is 5.75 Å². The number of fused-ring (bicyclic) bond motifs is 1. The number of anilines is 1. The summed E-state index contributed by atoms with van der Waals surface area (Å²) in [7, 11) is 0. The second kappa shape index (κ2) is 4.28. The highest BCUT2D eigenvalue weighted by Gasteiger charge is 2.14. The largest absolute Gasteiger partial charge is 0.507 e. The number of halogens is 1. The Hall–Kier alpha value is -2.01. The summed E-state index contributed by atoms with van der Waals surface area (Å²) < 4.78 is 6.54. The lowest BCUT2D eigenvalue weighted by Gasteiger charge is -2.00. The molecule has 3 aromatic rings. The maximum absolute atomic E-state index is 9.87. The van der Waals surface area contributed by atoms with E-state index in [0.717, 1.165) is 15.6 Å². The van der Waals surface area contributed by atoms with Gasteiger partial charge in [-0.3, -0.25) is 0 Å². The summed E-state index contributed by atoms with van der Waals surface area (Å²) in [6, 6.07) is 8.68. The van der Waals surface area contributed by atoms with Crippen LogP contribution < -0.4 is 5.73 Å². The molecule has 0 spiro atoms. The van der Waals surface area contributed by atoms with E-state index in [2.05, 4.69) is 20.9 Å². The Morgan fingerprint density at radius 3 is 2.84 bits per heavy atom. The molecule has 19 heavy (non-hydrogen) atoms. The van der Waals surface area contributed by atoms with Gasteiger partial charge in [-0.15, -0.1) is 0 Å². The van der Waals surface area contributed by atoms with Crippen LogP contribution in [0.25, 0.3) is 22.6 Å². The molecule has 2 aromatic carbocycles. The van der Waals surface area contributed by atoms with Crippen molar-refractivity contribution < 1.29 is 9.52 Å². The Bertz CT molecular complexity index is 780. The van der Waals surface area contributed by atoms with Crippen LogP contribution in [0, 0.1) is 6.92 Å². The Kier molecular flexibility index (Phi) is 2.71. The first kappa shape index (κ1) is 12.0. The highest BCUT2D eigenvalue weighted by molar-refractivity contribution is 9.10. The van der Waals surface area contributed by atoms with Gasteiger partial charge >= 0.3 is 0 Å². The molecule has 0 saturated heterocycles. The third kappa shape index (κ3) is 2.06. The average Bonchev–Trinajstić information content (AvgIpc) is 2.76. The van der Waals surface area contributed by atoms with E-state index in [9.17, 15) is 5.11 Å². The van der Waals surface area contributed by atoms with E-state index in [4.69, 9.17) is 10.2 Å². The fraction of sp³-hybridized carbons (Fsp3) is 0.0714. The van der Waals surface area contributed by atoms with E-state index in [1.165, 1.54) is 6.07 Å². The van der Waals surface area contributed by atoms with E-state index < -0.39 is 0 Å². The van der Waals surface area contributed by atoms with Crippen molar-refractivity contribution >= 4 is 32.7 Å². The number of phenols is 1. The van der Waals surface area contributed by atoms with Crippen molar-refractivity contribution in [2.75, 3.05) is 5.73 Å². The number of nitrogens with two attached hydrogens (primary N) is 1. The summed E-state index contributed by atoms with van der Waals surface area (Å²) in [5.74, 6) is 0.444. The molecule has 0 aliphatic rings. The fourth-order valence-corrected chi connectivity index (χ4v) is 2.61. The zero-order valence-electron chi connectivity index (χ0n) is 10.1. The molecule has 0 saturated carbocycles. The van der Waals surface area contributed by atoms with Gasteiger partial charge in [-0.05, 0) is 58.7 Å². The summed E-state index contributed by atoms with van der Waals surface area (Å²) in [6.45, 7) is 1.98. The van der Waals surface area contributed by atoms with Crippen LogP contribution in [0.15, 0.2) is 39.2 Å². The van der Waals surface area contributed by atoms with E-state index >= 15 is 0 Å². The van der Waals surface area contributed by atoms with Crippen molar-refractivity contribution in [2.24, 2.45) is 0 Å². The lowest BCUT2D eigenvalue weighted by atomic mass is 10.2. The average molecular weight is 319 g/mol. The van der Waals surface area contributed by atoms with Gasteiger partial charge in [-0.2, -0.15) is 0 Å². The lowest BCUT2D eigenvalue weighted by molar-refractivity contribution is 0.474. The highest BCUT2D eigenvalue weighted by Crippen LogP contribution is 2.35. The van der Waals surface area contributed by atoms with Crippen LogP contribution in [0.1, 0.15) is 5.56 Å². The first-order chi connectivity index (χ1) is 9.04. The Balaban J connectivity index is 2.26. The fourth-order valence-electron chi connectivity index (χ4n) is 1.96. The maximum atomic E-state index is 9.87. The van der Waals surface area contributed by atoms with Gasteiger partial charge < -0.3 is 15.3 Å². The van der Waals surface area contributed by atoms with Crippen molar-refractivity contribution in [3.05, 3.63) is 40.4 Å². The van der Waals surface area contributed by atoms with Gasteiger partial charge in [0.2, 0.25) is 5.89 Å². The molecule has 1 aromatic heterocycles. The van der Waals surface area contributed by atoms with Crippen LogP contribution in [0.3, 0.4) is 0 Å². The smallest absolute Gasteiger partial charge is 0.231 e. The molecule has 0 atom stereocenters. The molecule has 5 heteroatoms. The maximum Gasteiger partial charge on any atom is 0.231 e. The molecule has 0 radical (unpaired) electrons. The summed E-state index contributed by atoms with van der Waals surface area (Å²) in [5, 5.41) is 9.87. The van der Waals surface area contributed by atoms with E-state index in [0.29, 0.717) is 22.7 Å². The summed E-state index contributed by atoms with van der Waals surface area (Å²) in [4.78, 5) is 4.39. The van der Waals surface area contributed by atoms with Crippen LogP contribution in [-0.4, -0.2) is 10.1 Å². The molecule has 3 rings (SSSR count). The number of aryl methyl sites for hydroxylation is 1. The van der Waals surface area contributed by atoms with Crippen molar-refractivity contribution in [1.29, 1.82) is 0 Å². The molecule has 0 unspecified atom stereocenters. The topological polar surface area (TPSA) is 72.3 Å². The van der Waals surface area contributed by atoms with Gasteiger partial charge in [0, 0.05) is 5.69 Å². The molecular formula is C14H11BrN2O2. The van der Waals surface area contributed by atoms with Gasteiger partial charge in [-0.1, -0.05) is 0 Å². The minimum absolute atomic E-state index is 0.0913. The number of hydrogen-bond acceptors (Lipinski definition) is 4. The molecule has 96 valence electrons. The predicted molar refractivity (Wildman–Crippen MR) is 78.0 cm³/mol. The Morgan fingerprint density at radius 2 is 2.05 bits per heavy atom. The molecule has 0 aliphatic carbocycles. The number of phenolic OH excluding ortho intramolecular Hbond substituents is 1. The zero-order valence-corrected chi connectivity index (χ0v) is 11.7. The van der Waals surface area contributed by atoms with Gasteiger partial charge in [0.05, 0.1) is 10.0 Å². The molecule has 0 aliphatic heterocycles. The summed E-state index contributed by atoms with van der Waals surface area (Å²) >= 11 is 3.45. The van der Waals surface area contributed by atoms with Crippen molar-refractivity contribution in [3.63, 3.8) is 0 Å². The molecule has 4 nitrogen and oxygen atoms in total. The van der Waals surface area contributed by atoms with Crippen LogP contribution in [-0.2, 0) is 0 Å². The van der Waals surface area contributed by atoms with Crippen LogP contribution in [0.2, 0.25) is 0 Å². The monoisotopic (exact) mass is 318 g/mol. The van der Waals surface area contributed by atoms with Crippen LogP contribution in [0.4, 0.5) is 5.69 Å². The number of nitrogens with zero attached hydrogens (tertiary/aromatic N) is 1. The molecule has 0 fully saturated rings. The number of aromatic hydroxyl groups is 1. The second-order valence-corrected chi connectivity index (χ2v) is 5.24. The van der Waals surface area contributed by atoms with Crippen LogP contribution >= 0.6 is 15.9 Å². The van der Waals surface area contributed by atoms with Crippen molar-refractivity contribution in [1.82, 2.24) is 4.98 Å². The number of rotatable bonds is 1. The highest BCUT2D eigenvalue weighted by atomic mass is 79.9. The number of benzene rings is 2. The van der Waals surface area contributed by atoms with Crippen molar-refractivity contribution in [2.45, 2.75) is 6.92 Å². The first-order valence-corrected chi connectivity index (χ1v) is 6.49. The van der Waals surface area contributed by atoms with E-state index in [1.807, 2.05) is 19.1 Å². The molecule has 0 amide bonds. The van der Waals surface area contributed by atoms with Gasteiger partial charge in [-0.25, -0.2) is 4.98 Å². The zero-order chi connectivity index (χ0) is 13.6. The summed E-state index contributed by atoms with van der Waals surface area (Å²) in [6.07, 6.45) is 0. The molecular weight excluding hydrogens is 308 g/mol. The number of oxazole rings is 1. The SMILES string of the molecule is Cc1cc(Br)c2oc(-c3cc(N)ccc3O)nc2c1. The quantitative estimate of drug-likeness (QED) is 0.528. The number of nitrogen functional groups attached to an aromatic ring is 1. The number of aromatic nitrogens is 1. The Morgan fingerprint density at radius 1 is 1.26 bits per heavy atom. The summed E-state index contributed by atoms with van der Waals surface area (Å²) in [5.41, 5.74) is 9.23. The van der Waals surface area contributed by atoms with Gasteiger partial charge in [0.15, 0.2) is 5.58 Å². The normalized spacial score (nSPS) is 11.1. The molecule has 3 N–H and O–H groups in total. The van der Waals surface area contributed by atoms with Gasteiger partial charge in [0.1, 0.15) is 11.3 Å². The predicted octanol–water partition coefficient (Wildman–Crippen LogP) is 3.85. The lowest BCUT2D eigenvalue weighted by Crippen LogP contribution is -1.86. The third-order valence-electron chi connectivity index (χ3n) is 2.84. The second-order valence-electron chi connectivity index (χ2n) is 4.39. The minimum atomic E-state index is 0.0913. The van der Waals surface area contributed by atoms with Gasteiger partial charge in [0.25, 0.3) is 0 Å².